The third-order valence-electron chi connectivity index (χ3n) is 4.99. The number of carbonyl (C=O) groups is 2. The van der Waals surface area contributed by atoms with Gasteiger partial charge in [-0.2, -0.15) is 0 Å². The molecule has 4 rings (SSSR count). The number of rotatable bonds is 4. The minimum atomic E-state index is -0.740. The van der Waals surface area contributed by atoms with E-state index in [-0.39, 0.29) is 29.7 Å². The Balaban J connectivity index is 1.37. The summed E-state index contributed by atoms with van der Waals surface area (Å²) in [6, 6.07) is 11.4. The van der Waals surface area contributed by atoms with Crippen LogP contribution in [0.1, 0.15) is 34.1 Å². The molecule has 29 heavy (non-hydrogen) atoms. The number of halogens is 1. The van der Waals surface area contributed by atoms with Crippen LogP contribution >= 0.6 is 11.3 Å². The molecular formula is C21H20FN3O3S. The summed E-state index contributed by atoms with van der Waals surface area (Å²) in [5, 5.41) is 1.03. The van der Waals surface area contributed by atoms with E-state index >= 15 is 0 Å². The molecule has 0 spiro atoms. The highest BCUT2D eigenvalue weighted by Gasteiger charge is 2.27. The van der Waals surface area contributed by atoms with Crippen LogP contribution in [-0.2, 0) is 9.53 Å². The van der Waals surface area contributed by atoms with E-state index < -0.39 is 11.8 Å². The maximum Gasteiger partial charge on any atom is 0.340 e. The van der Waals surface area contributed by atoms with Gasteiger partial charge in [-0.15, -0.1) is 11.3 Å². The summed E-state index contributed by atoms with van der Waals surface area (Å²) in [4.78, 5) is 31.1. The van der Waals surface area contributed by atoms with Crippen molar-refractivity contribution in [2.45, 2.75) is 18.8 Å². The van der Waals surface area contributed by atoms with Crippen LogP contribution < -0.4 is 5.73 Å². The molecule has 1 atom stereocenters. The molecule has 3 aromatic rings. The second kappa shape index (κ2) is 8.16. The van der Waals surface area contributed by atoms with Crippen molar-refractivity contribution in [3.05, 3.63) is 58.9 Å². The summed E-state index contributed by atoms with van der Waals surface area (Å²) in [6.07, 6.45) is 1.83. The first kappa shape index (κ1) is 19.3. The number of nitrogens with zero attached hydrogens (tertiary/aromatic N) is 2. The number of benzene rings is 2. The van der Waals surface area contributed by atoms with Crippen molar-refractivity contribution in [1.82, 2.24) is 9.88 Å². The molecule has 0 aliphatic carbocycles. The molecule has 150 valence electrons. The van der Waals surface area contributed by atoms with E-state index in [1.807, 2.05) is 24.3 Å². The third kappa shape index (κ3) is 4.22. The summed E-state index contributed by atoms with van der Waals surface area (Å²) < 4.78 is 19.4. The lowest BCUT2D eigenvalue weighted by atomic mass is 9.99. The van der Waals surface area contributed by atoms with Crippen molar-refractivity contribution in [1.29, 1.82) is 0 Å². The number of piperidine rings is 1. The smallest absolute Gasteiger partial charge is 0.340 e. The van der Waals surface area contributed by atoms with E-state index in [0.717, 1.165) is 40.2 Å². The topological polar surface area (TPSA) is 85.5 Å². The zero-order valence-electron chi connectivity index (χ0n) is 15.6. The fraction of sp³-hybridized carbons (Fsp3) is 0.286. The lowest BCUT2D eigenvalue weighted by molar-refractivity contribution is -0.135. The van der Waals surface area contributed by atoms with Crippen molar-refractivity contribution in [2.75, 3.05) is 25.4 Å². The Kier molecular flexibility index (Phi) is 5.44. The molecule has 8 heteroatoms. The number of anilines is 1. The van der Waals surface area contributed by atoms with Gasteiger partial charge in [-0.3, -0.25) is 4.79 Å². The Hall–Kier alpha value is -3.00. The van der Waals surface area contributed by atoms with Gasteiger partial charge in [-0.05, 0) is 43.2 Å². The number of likely N-dealkylation sites (tertiary alicyclic amines) is 1. The minimum Gasteiger partial charge on any atom is -0.452 e. The Morgan fingerprint density at radius 1 is 1.28 bits per heavy atom. The number of esters is 1. The molecule has 2 N–H and O–H groups in total. The number of hydrogen-bond donors (Lipinski definition) is 1. The van der Waals surface area contributed by atoms with Gasteiger partial charge < -0.3 is 15.4 Å². The molecule has 2 aromatic carbocycles. The van der Waals surface area contributed by atoms with Gasteiger partial charge in [0.15, 0.2) is 6.61 Å². The van der Waals surface area contributed by atoms with Crippen molar-refractivity contribution in [2.24, 2.45) is 0 Å². The zero-order valence-corrected chi connectivity index (χ0v) is 16.5. The number of hydrogen-bond acceptors (Lipinski definition) is 6. The van der Waals surface area contributed by atoms with Crippen LogP contribution in [0.2, 0.25) is 0 Å². The summed E-state index contributed by atoms with van der Waals surface area (Å²) in [6.45, 7) is 0.799. The Morgan fingerprint density at radius 2 is 2.10 bits per heavy atom. The van der Waals surface area contributed by atoms with Crippen LogP contribution in [0.4, 0.5) is 10.1 Å². The highest BCUT2D eigenvalue weighted by molar-refractivity contribution is 7.18. The second-order valence-corrected chi connectivity index (χ2v) is 8.07. The van der Waals surface area contributed by atoms with Crippen molar-refractivity contribution in [3.8, 4) is 0 Å². The van der Waals surface area contributed by atoms with E-state index in [2.05, 4.69) is 0 Å². The van der Waals surface area contributed by atoms with Crippen molar-refractivity contribution in [3.63, 3.8) is 0 Å². The average Bonchev–Trinajstić information content (AvgIpc) is 3.16. The largest absolute Gasteiger partial charge is 0.452 e. The molecule has 0 bridgehead atoms. The standard InChI is InChI=1S/C21H20FN3O3S/c22-14-7-8-15(16(23)10-14)21(27)28-12-19(26)25-9-3-4-13(11-25)20-24-17-5-1-2-6-18(17)29-20/h1-2,5-8,10,13H,3-4,9,11-12,23H2/t13-/m0/s1. The normalized spacial score (nSPS) is 16.7. The molecule has 0 unspecified atom stereocenters. The van der Waals surface area contributed by atoms with Crippen LogP contribution in [0.5, 0.6) is 0 Å². The summed E-state index contributed by atoms with van der Waals surface area (Å²) in [7, 11) is 0. The highest BCUT2D eigenvalue weighted by Crippen LogP contribution is 2.33. The SMILES string of the molecule is Nc1cc(F)ccc1C(=O)OCC(=O)N1CCC[C@H](c2nc3ccccc3s2)C1. The van der Waals surface area contributed by atoms with Gasteiger partial charge in [-0.1, -0.05) is 12.1 Å². The summed E-state index contributed by atoms with van der Waals surface area (Å²) in [5.41, 5.74) is 6.65. The molecule has 1 fully saturated rings. The van der Waals surface area contributed by atoms with E-state index in [4.69, 9.17) is 15.5 Å². The number of fused-ring (bicyclic) bond motifs is 1. The van der Waals surface area contributed by atoms with E-state index in [1.54, 1.807) is 16.2 Å². The molecule has 0 saturated carbocycles. The lowest BCUT2D eigenvalue weighted by Crippen LogP contribution is -2.41. The van der Waals surface area contributed by atoms with Crippen LogP contribution in [0.3, 0.4) is 0 Å². The monoisotopic (exact) mass is 413 g/mol. The first-order valence-corrected chi connectivity index (χ1v) is 10.2. The van der Waals surface area contributed by atoms with Gasteiger partial charge in [0.25, 0.3) is 5.91 Å². The number of ether oxygens (including phenoxy) is 1. The maximum absolute atomic E-state index is 13.1. The second-order valence-electron chi connectivity index (χ2n) is 7.01. The predicted octanol–water partition coefficient (Wildman–Crippen LogP) is 3.58. The molecule has 1 aromatic heterocycles. The molecular weight excluding hydrogens is 393 g/mol. The number of carbonyl (C=O) groups excluding carboxylic acids is 2. The van der Waals surface area contributed by atoms with E-state index in [1.165, 1.54) is 6.07 Å². The number of para-hydroxylation sites is 1. The molecule has 6 nitrogen and oxygen atoms in total. The predicted molar refractivity (Wildman–Crippen MR) is 109 cm³/mol. The fourth-order valence-electron chi connectivity index (χ4n) is 3.49. The Bertz CT molecular complexity index is 1040. The Morgan fingerprint density at radius 3 is 2.90 bits per heavy atom. The van der Waals surface area contributed by atoms with Crippen LogP contribution in [0.15, 0.2) is 42.5 Å². The number of aromatic nitrogens is 1. The minimum absolute atomic E-state index is 0.0173. The van der Waals surface area contributed by atoms with Gasteiger partial charge in [-0.25, -0.2) is 14.2 Å². The van der Waals surface area contributed by atoms with Gasteiger partial charge >= 0.3 is 5.97 Å². The highest BCUT2D eigenvalue weighted by atomic mass is 32.1. The van der Waals surface area contributed by atoms with Gasteiger partial charge in [0.05, 0.1) is 20.8 Å². The molecule has 1 amide bonds. The average molecular weight is 413 g/mol. The lowest BCUT2D eigenvalue weighted by Gasteiger charge is -2.31. The first-order chi connectivity index (χ1) is 14.0. The van der Waals surface area contributed by atoms with Crippen molar-refractivity contribution >= 4 is 39.1 Å². The number of nitrogen functional groups attached to an aromatic ring is 1. The quantitative estimate of drug-likeness (QED) is 0.522. The maximum atomic E-state index is 13.1. The molecule has 2 heterocycles. The number of nitrogens with two attached hydrogens (primary N) is 1. The number of amides is 1. The first-order valence-electron chi connectivity index (χ1n) is 9.36. The fourth-order valence-corrected chi connectivity index (χ4v) is 4.58. The Labute approximate surface area is 171 Å². The van der Waals surface area contributed by atoms with E-state index in [9.17, 15) is 14.0 Å². The summed E-state index contributed by atoms with van der Waals surface area (Å²) >= 11 is 1.66. The molecule has 1 aliphatic heterocycles. The van der Waals surface area contributed by atoms with Crippen molar-refractivity contribution < 1.29 is 18.7 Å². The van der Waals surface area contributed by atoms with Gasteiger partial charge in [0.1, 0.15) is 5.82 Å². The van der Waals surface area contributed by atoms with Crippen LogP contribution in [-0.4, -0.2) is 41.5 Å². The summed E-state index contributed by atoms with van der Waals surface area (Å²) in [5.74, 6) is -1.36. The van der Waals surface area contributed by atoms with Crippen LogP contribution in [0.25, 0.3) is 10.2 Å². The van der Waals surface area contributed by atoms with Gasteiger partial charge in [0, 0.05) is 24.7 Å². The zero-order chi connectivity index (χ0) is 20.4. The van der Waals surface area contributed by atoms with Crippen LogP contribution in [0, 0.1) is 5.82 Å². The molecule has 1 saturated heterocycles. The van der Waals surface area contributed by atoms with Gasteiger partial charge in [0.2, 0.25) is 0 Å². The number of thiazole rings is 1. The third-order valence-corrected chi connectivity index (χ3v) is 6.19. The molecule has 1 aliphatic rings. The molecule has 0 radical (unpaired) electrons. The van der Waals surface area contributed by atoms with E-state index in [0.29, 0.717) is 13.1 Å².